The van der Waals surface area contributed by atoms with E-state index in [2.05, 4.69) is 15.9 Å². The Kier molecular flexibility index (Phi) is 1.77. The van der Waals surface area contributed by atoms with Gasteiger partial charge in [0.1, 0.15) is 0 Å². The van der Waals surface area contributed by atoms with E-state index in [-0.39, 0.29) is 5.75 Å². The zero-order valence-electron chi connectivity index (χ0n) is 7.23. The first-order valence-corrected chi connectivity index (χ1v) is 4.65. The van der Waals surface area contributed by atoms with Crippen LogP contribution in [0.2, 0.25) is 0 Å². The minimum Gasteiger partial charge on any atom is -0.448 e. The second-order valence-electron chi connectivity index (χ2n) is 3.29. The summed E-state index contributed by atoms with van der Waals surface area (Å²) in [4.78, 5) is 0. The van der Waals surface area contributed by atoms with Gasteiger partial charge in [-0.15, -0.1) is 0 Å². The Balaban J connectivity index is 2.56. The molecule has 0 aliphatic carbocycles. The number of hydrogen-bond acceptors (Lipinski definition) is 2. The maximum Gasteiger partial charge on any atom is 0.246 e. The molecule has 1 aromatic carbocycles. The quantitative estimate of drug-likeness (QED) is 0.701. The van der Waals surface area contributed by atoms with Crippen molar-refractivity contribution in [1.82, 2.24) is 0 Å². The second kappa shape index (κ2) is 2.61. The maximum absolute atomic E-state index is 13.2. The number of benzene rings is 1. The van der Waals surface area contributed by atoms with E-state index >= 15 is 0 Å². The van der Waals surface area contributed by atoms with Gasteiger partial charge in [0.25, 0.3) is 0 Å². The summed E-state index contributed by atoms with van der Waals surface area (Å²) in [6.07, 6.45) is 0. The van der Waals surface area contributed by atoms with Crippen molar-refractivity contribution in [2.45, 2.75) is 19.6 Å². The number of rotatable bonds is 0. The van der Waals surface area contributed by atoms with Crippen molar-refractivity contribution in [2.24, 2.45) is 0 Å². The van der Waals surface area contributed by atoms with Crippen LogP contribution in [0.5, 0.6) is 11.5 Å². The van der Waals surface area contributed by atoms with Gasteiger partial charge in [0.2, 0.25) is 11.5 Å². The van der Waals surface area contributed by atoms with Crippen molar-refractivity contribution in [3.8, 4) is 11.5 Å². The molecule has 0 fully saturated rings. The van der Waals surface area contributed by atoms with Gasteiger partial charge in [-0.3, -0.25) is 0 Å². The van der Waals surface area contributed by atoms with Crippen LogP contribution in [0.4, 0.5) is 4.39 Å². The summed E-state index contributed by atoms with van der Waals surface area (Å²) in [6.45, 7) is 3.47. The van der Waals surface area contributed by atoms with Gasteiger partial charge in [-0.25, -0.2) is 4.39 Å². The van der Waals surface area contributed by atoms with Gasteiger partial charge in [-0.05, 0) is 28.1 Å². The Morgan fingerprint density at radius 1 is 1.23 bits per heavy atom. The third-order valence-corrected chi connectivity index (χ3v) is 2.34. The molecular formula is C9H8BrFO2. The zero-order valence-corrected chi connectivity index (χ0v) is 8.81. The van der Waals surface area contributed by atoms with E-state index in [0.29, 0.717) is 10.2 Å². The Labute approximate surface area is 83.8 Å². The molecule has 13 heavy (non-hydrogen) atoms. The molecule has 0 saturated heterocycles. The Hall–Kier alpha value is -0.770. The van der Waals surface area contributed by atoms with Gasteiger partial charge >= 0.3 is 0 Å². The molecule has 1 aromatic rings. The van der Waals surface area contributed by atoms with Crippen LogP contribution in [0, 0.1) is 5.82 Å². The average Bonchev–Trinajstić information content (AvgIpc) is 2.35. The Morgan fingerprint density at radius 3 is 2.46 bits per heavy atom. The van der Waals surface area contributed by atoms with Crippen LogP contribution in [0.1, 0.15) is 13.8 Å². The van der Waals surface area contributed by atoms with E-state index in [1.807, 2.05) is 0 Å². The molecule has 0 amide bonds. The van der Waals surface area contributed by atoms with Gasteiger partial charge in [-0.2, -0.15) is 0 Å². The van der Waals surface area contributed by atoms with Crippen molar-refractivity contribution in [3.05, 3.63) is 22.4 Å². The summed E-state index contributed by atoms with van der Waals surface area (Å²) in [7, 11) is 0. The predicted molar refractivity (Wildman–Crippen MR) is 49.4 cm³/mol. The highest BCUT2D eigenvalue weighted by atomic mass is 79.9. The monoisotopic (exact) mass is 246 g/mol. The molecule has 1 aliphatic rings. The van der Waals surface area contributed by atoms with Crippen molar-refractivity contribution in [2.75, 3.05) is 0 Å². The molecule has 2 rings (SSSR count). The summed E-state index contributed by atoms with van der Waals surface area (Å²) in [5, 5.41) is 0. The lowest BCUT2D eigenvalue weighted by Gasteiger charge is -2.16. The molecule has 0 radical (unpaired) electrons. The fourth-order valence-electron chi connectivity index (χ4n) is 1.22. The summed E-state index contributed by atoms with van der Waals surface area (Å²) >= 11 is 3.26. The molecule has 4 heteroatoms. The molecule has 0 spiro atoms. The minimum absolute atomic E-state index is 0.180. The van der Waals surface area contributed by atoms with E-state index < -0.39 is 11.6 Å². The molecular weight excluding hydrogens is 239 g/mol. The lowest BCUT2D eigenvalue weighted by Crippen LogP contribution is -2.29. The number of fused-ring (bicyclic) bond motifs is 1. The van der Waals surface area contributed by atoms with Crippen molar-refractivity contribution < 1.29 is 13.9 Å². The fourth-order valence-corrected chi connectivity index (χ4v) is 1.61. The minimum atomic E-state index is -0.785. The van der Waals surface area contributed by atoms with Gasteiger partial charge < -0.3 is 9.47 Å². The van der Waals surface area contributed by atoms with Crippen LogP contribution in [0.25, 0.3) is 0 Å². The molecule has 0 unspecified atom stereocenters. The maximum atomic E-state index is 13.2. The molecule has 0 atom stereocenters. The molecule has 70 valence electrons. The van der Waals surface area contributed by atoms with E-state index in [9.17, 15) is 4.39 Å². The summed E-state index contributed by atoms with van der Waals surface area (Å²) in [5.41, 5.74) is 0. The van der Waals surface area contributed by atoms with Crippen LogP contribution < -0.4 is 9.47 Å². The third kappa shape index (κ3) is 1.39. The standard InChI is InChI=1S/C9H8BrFO2/c1-9(2)12-7-5(10)3-4-6(11)8(7)13-9/h3-4H,1-2H3. The summed E-state index contributed by atoms with van der Waals surface area (Å²) < 4.78 is 24.6. The number of halogens is 2. The lowest BCUT2D eigenvalue weighted by molar-refractivity contribution is -0.0447. The first-order valence-electron chi connectivity index (χ1n) is 3.86. The second-order valence-corrected chi connectivity index (χ2v) is 4.15. The molecule has 1 aliphatic heterocycles. The van der Waals surface area contributed by atoms with Gasteiger partial charge in [-0.1, -0.05) is 0 Å². The largest absolute Gasteiger partial charge is 0.448 e. The van der Waals surface area contributed by atoms with Crippen LogP contribution in [-0.4, -0.2) is 5.79 Å². The molecule has 0 bridgehead atoms. The van der Waals surface area contributed by atoms with Gasteiger partial charge in [0.15, 0.2) is 11.6 Å². The lowest BCUT2D eigenvalue weighted by atomic mass is 10.3. The van der Waals surface area contributed by atoms with E-state index in [1.54, 1.807) is 19.9 Å². The first kappa shape index (κ1) is 8.81. The van der Waals surface area contributed by atoms with E-state index in [4.69, 9.17) is 9.47 Å². The van der Waals surface area contributed by atoms with Crippen LogP contribution in [0.15, 0.2) is 16.6 Å². The van der Waals surface area contributed by atoms with Crippen molar-refractivity contribution >= 4 is 15.9 Å². The highest BCUT2D eigenvalue weighted by molar-refractivity contribution is 9.10. The van der Waals surface area contributed by atoms with Crippen LogP contribution in [0.3, 0.4) is 0 Å². The number of hydrogen-bond donors (Lipinski definition) is 0. The van der Waals surface area contributed by atoms with Gasteiger partial charge in [0.05, 0.1) is 4.47 Å². The van der Waals surface area contributed by atoms with Crippen LogP contribution >= 0.6 is 15.9 Å². The summed E-state index contributed by atoms with van der Waals surface area (Å²) in [5.74, 6) is -0.569. The molecule has 2 nitrogen and oxygen atoms in total. The highest BCUT2D eigenvalue weighted by Crippen LogP contribution is 2.45. The first-order chi connectivity index (χ1) is 5.99. The fraction of sp³-hybridized carbons (Fsp3) is 0.333. The molecule has 0 N–H and O–H groups in total. The average molecular weight is 247 g/mol. The van der Waals surface area contributed by atoms with Crippen LogP contribution in [-0.2, 0) is 0 Å². The SMILES string of the molecule is CC1(C)Oc2c(F)ccc(Br)c2O1. The van der Waals surface area contributed by atoms with Gasteiger partial charge in [0, 0.05) is 13.8 Å². The normalized spacial score (nSPS) is 17.5. The summed E-state index contributed by atoms with van der Waals surface area (Å²) in [6, 6.07) is 2.94. The Bertz CT molecular complexity index is 330. The smallest absolute Gasteiger partial charge is 0.246 e. The van der Waals surface area contributed by atoms with Crippen molar-refractivity contribution in [1.29, 1.82) is 0 Å². The topological polar surface area (TPSA) is 18.5 Å². The van der Waals surface area contributed by atoms with E-state index in [1.165, 1.54) is 6.07 Å². The third-order valence-electron chi connectivity index (χ3n) is 1.71. The molecule has 1 heterocycles. The predicted octanol–water partition coefficient (Wildman–Crippen LogP) is 3.10. The zero-order chi connectivity index (χ0) is 9.64. The highest BCUT2D eigenvalue weighted by Gasteiger charge is 2.35. The molecule has 0 saturated carbocycles. The number of ether oxygens (including phenoxy) is 2. The van der Waals surface area contributed by atoms with E-state index in [0.717, 1.165) is 0 Å². The Morgan fingerprint density at radius 2 is 1.85 bits per heavy atom. The molecule has 0 aromatic heterocycles. The van der Waals surface area contributed by atoms with Crippen molar-refractivity contribution in [3.63, 3.8) is 0 Å².